The Labute approximate surface area is 159 Å². The van der Waals surface area contributed by atoms with E-state index in [1.54, 1.807) is 24.9 Å². The molecule has 3 rings (SSSR count). The molecule has 2 aromatic carbocycles. The van der Waals surface area contributed by atoms with Gasteiger partial charge in [-0.05, 0) is 48.9 Å². The third kappa shape index (κ3) is 4.07. The molecule has 0 radical (unpaired) electrons. The van der Waals surface area contributed by atoms with Crippen LogP contribution in [-0.2, 0) is 10.2 Å². The zero-order chi connectivity index (χ0) is 19.2. The van der Waals surface area contributed by atoms with Crippen LogP contribution in [0.1, 0.15) is 24.8 Å². The van der Waals surface area contributed by atoms with E-state index in [0.29, 0.717) is 11.4 Å². The number of para-hydroxylation sites is 1. The molecule has 0 spiro atoms. The van der Waals surface area contributed by atoms with Gasteiger partial charge in [0.05, 0.1) is 23.9 Å². The van der Waals surface area contributed by atoms with E-state index >= 15 is 0 Å². The van der Waals surface area contributed by atoms with Crippen LogP contribution in [0.25, 0.3) is 0 Å². The number of rotatable bonds is 5. The van der Waals surface area contributed by atoms with Crippen molar-refractivity contribution in [3.8, 4) is 5.75 Å². The molecular weight excluding hydrogens is 346 g/mol. The molecule has 5 N–H and O–H groups in total. The average Bonchev–Trinajstić information content (AvgIpc) is 2.61. The molecule has 2 aromatic rings. The molecule has 1 fully saturated rings. The molecule has 0 bridgehead atoms. The van der Waals surface area contributed by atoms with Crippen molar-refractivity contribution < 1.29 is 9.53 Å². The van der Waals surface area contributed by atoms with Gasteiger partial charge in [-0.1, -0.05) is 18.6 Å². The molecule has 5 nitrogen and oxygen atoms in total. The van der Waals surface area contributed by atoms with Crippen LogP contribution in [0.15, 0.2) is 41.3 Å². The summed E-state index contributed by atoms with van der Waals surface area (Å²) in [5.74, 6) is 0.954. The monoisotopic (exact) mass is 373 g/mol. The largest absolute Gasteiger partial charge is 0.496 e. The van der Waals surface area contributed by atoms with Crippen LogP contribution in [-0.4, -0.2) is 26.7 Å². The number of carbonyl (C=O) groups is 1. The number of anilines is 3. The maximum Gasteiger partial charge on any atom is 0.132 e. The lowest BCUT2D eigenvalue weighted by molar-refractivity contribution is -0.115. The number of hydrogen-bond acceptors (Lipinski definition) is 6. The number of carbonyl (C=O) groups excluding carboxylic acids is 1. The lowest BCUT2D eigenvalue weighted by atomic mass is 9.65. The minimum absolute atomic E-state index is 0.373. The third-order valence-electron chi connectivity index (χ3n) is 4.74. The van der Waals surface area contributed by atoms with E-state index < -0.39 is 0 Å². The van der Waals surface area contributed by atoms with E-state index in [0.717, 1.165) is 42.5 Å². The van der Waals surface area contributed by atoms with E-state index in [4.69, 9.17) is 16.2 Å². The van der Waals surface area contributed by atoms with E-state index in [1.165, 1.54) is 4.90 Å². The van der Waals surface area contributed by atoms with Gasteiger partial charge in [0.15, 0.2) is 0 Å². The first-order valence-electron chi connectivity index (χ1n) is 8.52. The zero-order valence-corrected chi connectivity index (χ0v) is 16.4. The third-order valence-corrected chi connectivity index (χ3v) is 5.52. The minimum Gasteiger partial charge on any atom is -0.496 e. The maximum absolute atomic E-state index is 11.3. The Morgan fingerprint density at radius 3 is 2.38 bits per heavy atom. The quantitative estimate of drug-likeness (QED) is 0.418. The number of nitrogens with one attached hydrogen (secondary N) is 1. The Hall–Kier alpha value is -2.34. The summed E-state index contributed by atoms with van der Waals surface area (Å²) in [6.45, 7) is 0. The highest BCUT2D eigenvalue weighted by Crippen LogP contribution is 2.46. The van der Waals surface area contributed by atoms with E-state index in [2.05, 4.69) is 5.32 Å². The Kier molecular flexibility index (Phi) is 6.80. The number of aldehydes is 1. The number of methoxy groups -OCH3 is 1. The second-order valence-electron chi connectivity index (χ2n) is 6.27. The lowest BCUT2D eigenvalue weighted by Crippen LogP contribution is -2.36. The van der Waals surface area contributed by atoms with Crippen molar-refractivity contribution >= 4 is 35.1 Å². The van der Waals surface area contributed by atoms with E-state index in [1.807, 2.05) is 43.6 Å². The molecule has 1 aliphatic carbocycles. The normalized spacial score (nSPS) is 14.4. The summed E-state index contributed by atoms with van der Waals surface area (Å²) >= 11 is 1.69. The minimum atomic E-state index is -0.373. The summed E-state index contributed by atoms with van der Waals surface area (Å²) in [5, 5.41) is 3.06. The molecule has 140 valence electrons. The summed E-state index contributed by atoms with van der Waals surface area (Å²) < 4.78 is 5.12. The zero-order valence-electron chi connectivity index (χ0n) is 15.5. The van der Waals surface area contributed by atoms with Crippen LogP contribution in [0, 0.1) is 0 Å². The van der Waals surface area contributed by atoms with Crippen LogP contribution in [0.5, 0.6) is 5.75 Å². The van der Waals surface area contributed by atoms with Gasteiger partial charge in [-0.25, -0.2) is 0 Å². The van der Waals surface area contributed by atoms with Crippen molar-refractivity contribution in [3.63, 3.8) is 0 Å². The van der Waals surface area contributed by atoms with Crippen molar-refractivity contribution in [2.45, 2.75) is 29.6 Å². The van der Waals surface area contributed by atoms with Gasteiger partial charge in [0.2, 0.25) is 0 Å². The summed E-state index contributed by atoms with van der Waals surface area (Å²) in [6, 6.07) is 11.6. The number of nitrogens with two attached hydrogens (primary N) is 2. The van der Waals surface area contributed by atoms with Crippen molar-refractivity contribution in [3.05, 3.63) is 42.0 Å². The SMILES string of the molecule is CNc1c(N)cc(N)cc1C1(C=O)CCC1.COc1ccccc1SC. The van der Waals surface area contributed by atoms with Crippen molar-refractivity contribution in [1.29, 1.82) is 0 Å². The van der Waals surface area contributed by atoms with E-state index in [9.17, 15) is 4.79 Å². The molecule has 0 aliphatic heterocycles. The fourth-order valence-corrected chi connectivity index (χ4v) is 3.72. The van der Waals surface area contributed by atoms with Crippen molar-refractivity contribution in [1.82, 2.24) is 0 Å². The predicted octanol–water partition coefficient (Wildman–Crippen LogP) is 3.93. The highest BCUT2D eigenvalue weighted by Gasteiger charge is 2.40. The molecule has 26 heavy (non-hydrogen) atoms. The summed E-state index contributed by atoms with van der Waals surface area (Å²) in [5.41, 5.74) is 14.3. The predicted molar refractivity (Wildman–Crippen MR) is 111 cm³/mol. The van der Waals surface area contributed by atoms with E-state index in [-0.39, 0.29) is 5.41 Å². The Morgan fingerprint density at radius 1 is 1.23 bits per heavy atom. The molecule has 6 heteroatoms. The summed E-state index contributed by atoms with van der Waals surface area (Å²) in [4.78, 5) is 12.5. The lowest BCUT2D eigenvalue weighted by Gasteiger charge is -2.38. The van der Waals surface area contributed by atoms with Gasteiger partial charge >= 0.3 is 0 Å². The molecule has 0 atom stereocenters. The van der Waals surface area contributed by atoms with Gasteiger partial charge in [0, 0.05) is 17.6 Å². The van der Waals surface area contributed by atoms with Crippen LogP contribution in [0.2, 0.25) is 0 Å². The van der Waals surface area contributed by atoms with Crippen LogP contribution in [0.3, 0.4) is 0 Å². The van der Waals surface area contributed by atoms with Gasteiger partial charge in [0.25, 0.3) is 0 Å². The first-order chi connectivity index (χ1) is 12.5. The fourth-order valence-electron chi connectivity index (χ4n) is 3.16. The van der Waals surface area contributed by atoms with Crippen molar-refractivity contribution in [2.24, 2.45) is 0 Å². The van der Waals surface area contributed by atoms with Gasteiger partial charge in [-0.15, -0.1) is 11.8 Å². The number of benzene rings is 2. The summed E-state index contributed by atoms with van der Waals surface area (Å²) in [7, 11) is 3.50. The number of nitrogen functional groups attached to an aromatic ring is 2. The highest BCUT2D eigenvalue weighted by molar-refractivity contribution is 7.98. The Bertz CT molecular complexity index is 738. The number of hydrogen-bond donors (Lipinski definition) is 3. The molecule has 1 aliphatic rings. The summed E-state index contributed by atoms with van der Waals surface area (Å²) in [6.07, 6.45) is 5.92. The first-order valence-corrected chi connectivity index (χ1v) is 9.74. The Morgan fingerprint density at radius 2 is 1.92 bits per heavy atom. The molecular formula is C20H27N3O2S. The first kappa shape index (κ1) is 20.0. The molecule has 0 unspecified atom stereocenters. The highest BCUT2D eigenvalue weighted by atomic mass is 32.2. The maximum atomic E-state index is 11.3. The molecule has 0 heterocycles. The fraction of sp³-hybridized carbons (Fsp3) is 0.350. The molecule has 1 saturated carbocycles. The smallest absolute Gasteiger partial charge is 0.132 e. The van der Waals surface area contributed by atoms with Gasteiger partial charge in [-0.2, -0.15) is 0 Å². The average molecular weight is 374 g/mol. The second kappa shape index (κ2) is 8.85. The standard InChI is InChI=1S/C12H17N3O.C8H10OS/c1-15-11-9(5-8(13)6-10(11)14)12(7-16)3-2-4-12;1-9-7-5-3-4-6-8(7)10-2/h5-7,15H,2-4,13-14H2,1H3;3-6H,1-2H3. The molecule has 0 aromatic heterocycles. The van der Waals surface area contributed by atoms with Crippen LogP contribution in [0.4, 0.5) is 17.1 Å². The van der Waals surface area contributed by atoms with Crippen LogP contribution >= 0.6 is 11.8 Å². The topological polar surface area (TPSA) is 90.4 Å². The van der Waals surface area contributed by atoms with Crippen LogP contribution < -0.4 is 21.5 Å². The Balaban J connectivity index is 0.000000209. The van der Waals surface area contributed by atoms with Crippen molar-refractivity contribution in [2.75, 3.05) is 37.2 Å². The van der Waals surface area contributed by atoms with Gasteiger partial charge < -0.3 is 26.3 Å². The number of ether oxygens (including phenoxy) is 1. The van der Waals surface area contributed by atoms with Gasteiger partial charge in [0.1, 0.15) is 12.0 Å². The second-order valence-corrected chi connectivity index (χ2v) is 7.11. The molecule has 0 amide bonds. The number of thioether (sulfide) groups is 1. The molecule has 0 saturated heterocycles. The van der Waals surface area contributed by atoms with Gasteiger partial charge in [-0.3, -0.25) is 0 Å².